The monoisotopic (exact) mass is 302 g/mol. The van der Waals surface area contributed by atoms with Crippen LogP contribution in [0, 0.1) is 5.92 Å². The van der Waals surface area contributed by atoms with Crippen molar-refractivity contribution in [1.29, 1.82) is 0 Å². The van der Waals surface area contributed by atoms with Crippen molar-refractivity contribution in [3.05, 3.63) is 29.3 Å². The van der Waals surface area contributed by atoms with Gasteiger partial charge in [-0.25, -0.2) is 0 Å². The van der Waals surface area contributed by atoms with Gasteiger partial charge in [-0.3, -0.25) is 4.79 Å². The second kappa shape index (κ2) is 6.80. The first-order valence-corrected chi connectivity index (χ1v) is 8.32. The topological polar surface area (TPSA) is 41.6 Å². The van der Waals surface area contributed by atoms with E-state index in [1.807, 2.05) is 4.90 Å². The lowest BCUT2D eigenvalue weighted by molar-refractivity contribution is -0.122. The predicted octanol–water partition coefficient (Wildman–Crippen LogP) is 2.15. The average molecular weight is 302 g/mol. The summed E-state index contributed by atoms with van der Waals surface area (Å²) in [6, 6.07) is 6.85. The molecule has 120 valence electrons. The molecule has 0 bridgehead atoms. The van der Waals surface area contributed by atoms with Crippen molar-refractivity contribution >= 4 is 11.6 Å². The Labute approximate surface area is 132 Å². The van der Waals surface area contributed by atoms with Crippen molar-refractivity contribution in [2.75, 3.05) is 31.7 Å². The van der Waals surface area contributed by atoms with E-state index in [0.717, 1.165) is 37.5 Å². The average Bonchev–Trinajstić information content (AvgIpc) is 2.83. The fraction of sp³-hybridized carbons (Fsp3) is 0.611. The lowest BCUT2D eigenvalue weighted by Crippen LogP contribution is -2.38. The van der Waals surface area contributed by atoms with E-state index < -0.39 is 0 Å². The second-order valence-electron chi connectivity index (χ2n) is 6.63. The number of rotatable bonds is 4. The molecular formula is C18H26N2O2. The zero-order valence-electron chi connectivity index (χ0n) is 13.6. The van der Waals surface area contributed by atoms with E-state index in [9.17, 15) is 4.79 Å². The molecule has 1 amide bonds. The lowest BCUT2D eigenvalue weighted by atomic mass is 9.91. The Bertz CT molecular complexity index is 538. The summed E-state index contributed by atoms with van der Waals surface area (Å²) in [5, 5.41) is 3.48. The highest BCUT2D eigenvalue weighted by atomic mass is 16.5. The quantitative estimate of drug-likeness (QED) is 0.926. The summed E-state index contributed by atoms with van der Waals surface area (Å²) in [6.07, 6.45) is 4.69. The normalized spacial score (nSPS) is 24.4. The summed E-state index contributed by atoms with van der Waals surface area (Å²) in [7, 11) is 1.57. The van der Waals surface area contributed by atoms with Gasteiger partial charge in [-0.15, -0.1) is 0 Å². The number of nitrogens with zero attached hydrogens (tertiary/aromatic N) is 1. The number of carbonyl (C=O) groups is 1. The Morgan fingerprint density at radius 1 is 1.45 bits per heavy atom. The largest absolute Gasteiger partial charge is 0.375 e. The number of hydrogen-bond acceptors (Lipinski definition) is 3. The van der Waals surface area contributed by atoms with Gasteiger partial charge >= 0.3 is 0 Å². The van der Waals surface area contributed by atoms with E-state index in [-0.39, 0.29) is 18.6 Å². The summed E-state index contributed by atoms with van der Waals surface area (Å²) < 4.78 is 5.01. The number of nitrogens with one attached hydrogen (secondary N) is 1. The molecule has 0 radical (unpaired) electrons. The molecule has 1 saturated heterocycles. The Hall–Kier alpha value is -1.39. The maximum absolute atomic E-state index is 12.2. The van der Waals surface area contributed by atoms with Gasteiger partial charge in [-0.05, 0) is 68.8 Å². The van der Waals surface area contributed by atoms with Crippen LogP contribution in [0.2, 0.25) is 0 Å². The molecule has 1 fully saturated rings. The van der Waals surface area contributed by atoms with Gasteiger partial charge in [-0.2, -0.15) is 0 Å². The number of hydrogen-bond donors (Lipinski definition) is 1. The molecule has 1 aromatic rings. The van der Waals surface area contributed by atoms with Crippen LogP contribution in [0.15, 0.2) is 18.2 Å². The number of methoxy groups -OCH3 is 1. The molecule has 1 aromatic carbocycles. The van der Waals surface area contributed by atoms with Crippen molar-refractivity contribution < 1.29 is 9.53 Å². The Kier molecular flexibility index (Phi) is 4.79. The molecule has 2 aliphatic heterocycles. The maximum atomic E-state index is 12.2. The minimum atomic E-state index is 0.0537. The molecule has 3 rings (SSSR count). The molecule has 1 N–H and O–H groups in total. The highest BCUT2D eigenvalue weighted by Crippen LogP contribution is 2.33. The molecule has 4 nitrogen and oxygen atoms in total. The molecule has 2 atom stereocenters. The molecule has 2 heterocycles. The number of carbonyl (C=O) groups excluding carboxylic acids is 1. The summed E-state index contributed by atoms with van der Waals surface area (Å²) >= 11 is 0. The maximum Gasteiger partial charge on any atom is 0.253 e. The summed E-state index contributed by atoms with van der Waals surface area (Å²) in [5.74, 6) is 0.801. The van der Waals surface area contributed by atoms with Crippen LogP contribution in [0.5, 0.6) is 0 Å². The van der Waals surface area contributed by atoms with Crippen LogP contribution in [-0.4, -0.2) is 38.8 Å². The van der Waals surface area contributed by atoms with Crippen molar-refractivity contribution in [1.82, 2.24) is 5.32 Å². The van der Waals surface area contributed by atoms with Crippen molar-refractivity contribution in [2.24, 2.45) is 5.92 Å². The third-order valence-corrected chi connectivity index (χ3v) is 4.82. The second-order valence-corrected chi connectivity index (χ2v) is 6.63. The molecular weight excluding hydrogens is 276 g/mol. The zero-order chi connectivity index (χ0) is 15.5. The Morgan fingerprint density at radius 2 is 2.32 bits per heavy atom. The number of piperidine rings is 1. The van der Waals surface area contributed by atoms with E-state index in [2.05, 4.69) is 30.4 Å². The molecule has 2 aliphatic rings. The fourth-order valence-electron chi connectivity index (χ4n) is 3.82. The Balaban J connectivity index is 1.74. The van der Waals surface area contributed by atoms with Gasteiger partial charge in [0, 0.05) is 18.8 Å². The van der Waals surface area contributed by atoms with Gasteiger partial charge in [0.05, 0.1) is 0 Å². The summed E-state index contributed by atoms with van der Waals surface area (Å²) in [5.41, 5.74) is 3.78. The third kappa shape index (κ3) is 3.18. The summed E-state index contributed by atoms with van der Waals surface area (Å²) in [4.78, 5) is 14.1. The first-order valence-electron chi connectivity index (χ1n) is 8.32. The highest BCUT2D eigenvalue weighted by molar-refractivity contribution is 5.97. The molecule has 4 heteroatoms. The third-order valence-electron chi connectivity index (χ3n) is 4.82. The van der Waals surface area contributed by atoms with Crippen molar-refractivity contribution in [2.45, 2.75) is 38.6 Å². The van der Waals surface area contributed by atoms with Gasteiger partial charge in [0.25, 0.3) is 5.91 Å². The zero-order valence-corrected chi connectivity index (χ0v) is 13.6. The number of fused-ring (bicyclic) bond motifs is 1. The molecule has 0 saturated carbocycles. The molecule has 0 aliphatic carbocycles. The predicted molar refractivity (Wildman–Crippen MR) is 88.3 cm³/mol. The van der Waals surface area contributed by atoms with Crippen LogP contribution in [0.4, 0.5) is 5.69 Å². The van der Waals surface area contributed by atoms with E-state index >= 15 is 0 Å². The standard InChI is InChI=1S/C18H26N2O2/c1-13-8-16-10-14(9-15-4-3-7-19-11-15)5-6-17(16)20(13)18(21)12-22-2/h5-6,10,13,15,19H,3-4,7-9,11-12H2,1-2H3. The van der Waals surface area contributed by atoms with E-state index in [1.54, 1.807) is 7.11 Å². The lowest BCUT2D eigenvalue weighted by Gasteiger charge is -2.24. The van der Waals surface area contributed by atoms with Crippen molar-refractivity contribution in [3.8, 4) is 0 Å². The van der Waals surface area contributed by atoms with Gasteiger partial charge in [0.1, 0.15) is 6.61 Å². The van der Waals surface area contributed by atoms with E-state index in [1.165, 1.54) is 24.0 Å². The number of ether oxygens (including phenoxy) is 1. The van der Waals surface area contributed by atoms with Gasteiger partial charge < -0.3 is 15.0 Å². The SMILES string of the molecule is COCC(=O)N1c2ccc(CC3CCCNC3)cc2CC1C. The molecule has 2 unspecified atom stereocenters. The van der Waals surface area contributed by atoms with Crippen LogP contribution in [-0.2, 0) is 22.4 Å². The number of benzene rings is 1. The van der Waals surface area contributed by atoms with E-state index in [0.29, 0.717) is 0 Å². The van der Waals surface area contributed by atoms with Gasteiger partial charge in [-0.1, -0.05) is 12.1 Å². The summed E-state index contributed by atoms with van der Waals surface area (Å²) in [6.45, 7) is 4.55. The fourth-order valence-corrected chi connectivity index (χ4v) is 3.82. The Morgan fingerprint density at radius 3 is 3.05 bits per heavy atom. The molecule has 0 spiro atoms. The van der Waals surface area contributed by atoms with Crippen LogP contribution >= 0.6 is 0 Å². The molecule has 22 heavy (non-hydrogen) atoms. The van der Waals surface area contributed by atoms with E-state index in [4.69, 9.17) is 4.74 Å². The van der Waals surface area contributed by atoms with Crippen LogP contribution < -0.4 is 10.2 Å². The number of amides is 1. The van der Waals surface area contributed by atoms with Crippen LogP contribution in [0.1, 0.15) is 30.9 Å². The van der Waals surface area contributed by atoms with Crippen LogP contribution in [0.3, 0.4) is 0 Å². The minimum Gasteiger partial charge on any atom is -0.375 e. The molecule has 0 aromatic heterocycles. The first kappa shape index (κ1) is 15.5. The minimum absolute atomic E-state index is 0.0537. The number of anilines is 1. The van der Waals surface area contributed by atoms with Gasteiger partial charge in [0.15, 0.2) is 0 Å². The highest BCUT2D eigenvalue weighted by Gasteiger charge is 2.30. The first-order chi connectivity index (χ1) is 10.7. The van der Waals surface area contributed by atoms with Gasteiger partial charge in [0.2, 0.25) is 0 Å². The smallest absolute Gasteiger partial charge is 0.253 e. The van der Waals surface area contributed by atoms with Crippen LogP contribution in [0.25, 0.3) is 0 Å². The van der Waals surface area contributed by atoms with Crippen molar-refractivity contribution in [3.63, 3.8) is 0 Å².